The van der Waals surface area contributed by atoms with Crippen LogP contribution >= 0.6 is 11.8 Å². The maximum atomic E-state index is 4.80. The Morgan fingerprint density at radius 3 is 3.06 bits per heavy atom. The third-order valence-electron chi connectivity index (χ3n) is 3.29. The van der Waals surface area contributed by atoms with Crippen molar-refractivity contribution >= 4 is 22.9 Å². The molecule has 3 nitrogen and oxygen atoms in total. The second kappa shape index (κ2) is 4.33. The van der Waals surface area contributed by atoms with Crippen molar-refractivity contribution in [3.05, 3.63) is 24.2 Å². The summed E-state index contributed by atoms with van der Waals surface area (Å²) in [7, 11) is 0. The van der Waals surface area contributed by atoms with E-state index in [1.807, 2.05) is 24.0 Å². The molecule has 3 heterocycles. The van der Waals surface area contributed by atoms with Gasteiger partial charge in [0.15, 0.2) is 5.65 Å². The number of fused-ring (bicyclic) bond motifs is 1. The van der Waals surface area contributed by atoms with Crippen molar-refractivity contribution in [3.63, 3.8) is 0 Å². The lowest BCUT2D eigenvalue weighted by molar-refractivity contribution is 0.551. The van der Waals surface area contributed by atoms with E-state index in [0.717, 1.165) is 11.2 Å². The predicted molar refractivity (Wildman–Crippen MR) is 72.6 cm³/mol. The van der Waals surface area contributed by atoms with Gasteiger partial charge >= 0.3 is 0 Å². The maximum absolute atomic E-state index is 4.80. The summed E-state index contributed by atoms with van der Waals surface area (Å²) in [5.41, 5.74) is 2.07. The summed E-state index contributed by atoms with van der Waals surface area (Å²) in [5, 5.41) is 0. The Morgan fingerprint density at radius 1 is 1.47 bits per heavy atom. The summed E-state index contributed by atoms with van der Waals surface area (Å²) in [6.07, 6.45) is 3.11. The number of hydrogen-bond donors (Lipinski definition) is 0. The SMILES string of the molecule is CC(C)n1c(C2CCSC2)nc2cccnc21. The molecule has 0 aliphatic carbocycles. The van der Waals surface area contributed by atoms with Gasteiger partial charge in [0.2, 0.25) is 0 Å². The first-order chi connectivity index (χ1) is 8.27. The zero-order chi connectivity index (χ0) is 11.8. The van der Waals surface area contributed by atoms with Gasteiger partial charge in [-0.1, -0.05) is 0 Å². The number of hydrogen-bond acceptors (Lipinski definition) is 3. The minimum Gasteiger partial charge on any atom is -0.310 e. The van der Waals surface area contributed by atoms with Crippen LogP contribution in [-0.2, 0) is 0 Å². The van der Waals surface area contributed by atoms with Crippen molar-refractivity contribution in [2.75, 3.05) is 11.5 Å². The molecule has 1 saturated heterocycles. The lowest BCUT2D eigenvalue weighted by Crippen LogP contribution is -2.11. The molecule has 17 heavy (non-hydrogen) atoms. The number of thioether (sulfide) groups is 1. The molecular weight excluding hydrogens is 230 g/mol. The number of aromatic nitrogens is 3. The molecule has 0 spiro atoms. The Balaban J connectivity index is 2.18. The van der Waals surface area contributed by atoms with E-state index in [1.165, 1.54) is 23.8 Å². The molecule has 4 heteroatoms. The van der Waals surface area contributed by atoms with E-state index in [4.69, 9.17) is 4.98 Å². The molecule has 1 aliphatic heterocycles. The zero-order valence-corrected chi connectivity index (χ0v) is 11.1. The third-order valence-corrected chi connectivity index (χ3v) is 4.45. The van der Waals surface area contributed by atoms with E-state index in [0.29, 0.717) is 12.0 Å². The number of imidazole rings is 1. The molecule has 1 fully saturated rings. The molecule has 90 valence electrons. The molecule has 0 N–H and O–H groups in total. The van der Waals surface area contributed by atoms with Gasteiger partial charge in [-0.3, -0.25) is 0 Å². The molecule has 0 amide bonds. The van der Waals surface area contributed by atoms with E-state index in [1.54, 1.807) is 0 Å². The van der Waals surface area contributed by atoms with Gasteiger partial charge < -0.3 is 4.57 Å². The van der Waals surface area contributed by atoms with Crippen molar-refractivity contribution in [3.8, 4) is 0 Å². The highest BCUT2D eigenvalue weighted by Crippen LogP contribution is 2.34. The lowest BCUT2D eigenvalue weighted by Gasteiger charge is -2.15. The molecule has 1 aliphatic rings. The van der Waals surface area contributed by atoms with Gasteiger partial charge in [-0.05, 0) is 38.2 Å². The van der Waals surface area contributed by atoms with E-state index in [9.17, 15) is 0 Å². The number of pyridine rings is 1. The summed E-state index contributed by atoms with van der Waals surface area (Å²) in [5.74, 6) is 4.31. The smallest absolute Gasteiger partial charge is 0.160 e. The fourth-order valence-electron chi connectivity index (χ4n) is 2.48. The first-order valence-corrected chi connectivity index (χ1v) is 7.33. The van der Waals surface area contributed by atoms with Gasteiger partial charge in [0.25, 0.3) is 0 Å². The van der Waals surface area contributed by atoms with Crippen LogP contribution in [0.3, 0.4) is 0 Å². The van der Waals surface area contributed by atoms with Crippen LogP contribution in [-0.4, -0.2) is 26.0 Å². The van der Waals surface area contributed by atoms with Crippen LogP contribution in [0.25, 0.3) is 11.2 Å². The summed E-state index contributed by atoms with van der Waals surface area (Å²) in [6.45, 7) is 4.42. The summed E-state index contributed by atoms with van der Waals surface area (Å²) >= 11 is 2.03. The molecule has 3 rings (SSSR count). The van der Waals surface area contributed by atoms with Crippen LogP contribution in [0.1, 0.15) is 38.1 Å². The lowest BCUT2D eigenvalue weighted by atomic mass is 10.1. The molecule has 0 radical (unpaired) electrons. The predicted octanol–water partition coefficient (Wildman–Crippen LogP) is 3.23. The minimum atomic E-state index is 0.426. The van der Waals surface area contributed by atoms with Crippen molar-refractivity contribution in [2.24, 2.45) is 0 Å². The van der Waals surface area contributed by atoms with Gasteiger partial charge in [-0.15, -0.1) is 0 Å². The van der Waals surface area contributed by atoms with E-state index in [2.05, 4.69) is 29.5 Å². The first-order valence-electron chi connectivity index (χ1n) is 6.18. The monoisotopic (exact) mass is 247 g/mol. The molecule has 0 aromatic carbocycles. The van der Waals surface area contributed by atoms with Gasteiger partial charge in [-0.25, -0.2) is 9.97 Å². The van der Waals surface area contributed by atoms with E-state index < -0.39 is 0 Å². The van der Waals surface area contributed by atoms with Crippen LogP contribution in [0, 0.1) is 0 Å². The Labute approximate surface area is 106 Å². The largest absolute Gasteiger partial charge is 0.310 e. The normalized spacial score (nSPS) is 20.5. The Bertz CT molecular complexity index is 526. The summed E-state index contributed by atoms with van der Waals surface area (Å²) in [6, 6.07) is 4.45. The zero-order valence-electron chi connectivity index (χ0n) is 10.3. The maximum Gasteiger partial charge on any atom is 0.160 e. The molecule has 2 aromatic rings. The van der Waals surface area contributed by atoms with E-state index in [-0.39, 0.29) is 0 Å². The second-order valence-corrected chi connectivity index (χ2v) is 5.99. The van der Waals surface area contributed by atoms with E-state index >= 15 is 0 Å². The minimum absolute atomic E-state index is 0.426. The Morgan fingerprint density at radius 2 is 2.35 bits per heavy atom. The third kappa shape index (κ3) is 1.84. The van der Waals surface area contributed by atoms with Crippen LogP contribution in [0.15, 0.2) is 18.3 Å². The number of rotatable bonds is 2. The highest BCUT2D eigenvalue weighted by atomic mass is 32.2. The second-order valence-electron chi connectivity index (χ2n) is 4.84. The topological polar surface area (TPSA) is 30.7 Å². The highest BCUT2D eigenvalue weighted by Gasteiger charge is 2.25. The van der Waals surface area contributed by atoms with Crippen LogP contribution < -0.4 is 0 Å². The standard InChI is InChI=1S/C13H17N3S/c1-9(2)16-12(10-5-7-17-8-10)15-11-4-3-6-14-13(11)16/h3-4,6,9-10H,5,7-8H2,1-2H3. The quantitative estimate of drug-likeness (QED) is 0.816. The number of nitrogens with zero attached hydrogens (tertiary/aromatic N) is 3. The first kappa shape index (κ1) is 11.1. The van der Waals surface area contributed by atoms with Crippen LogP contribution in [0.4, 0.5) is 0 Å². The molecule has 1 unspecified atom stereocenters. The van der Waals surface area contributed by atoms with Gasteiger partial charge in [0, 0.05) is 23.9 Å². The Kier molecular flexibility index (Phi) is 2.82. The van der Waals surface area contributed by atoms with Crippen molar-refractivity contribution in [1.82, 2.24) is 14.5 Å². The average molecular weight is 247 g/mol. The molecule has 2 aromatic heterocycles. The summed E-state index contributed by atoms with van der Waals surface area (Å²) < 4.78 is 2.31. The van der Waals surface area contributed by atoms with Gasteiger partial charge in [0.05, 0.1) is 0 Å². The van der Waals surface area contributed by atoms with Gasteiger partial charge in [0.1, 0.15) is 11.3 Å². The fourth-order valence-corrected chi connectivity index (χ4v) is 3.70. The van der Waals surface area contributed by atoms with Crippen LogP contribution in [0.2, 0.25) is 0 Å². The van der Waals surface area contributed by atoms with Crippen molar-refractivity contribution < 1.29 is 0 Å². The molecule has 0 bridgehead atoms. The molecule has 1 atom stereocenters. The van der Waals surface area contributed by atoms with Crippen molar-refractivity contribution in [2.45, 2.75) is 32.2 Å². The molecular formula is C13H17N3S. The van der Waals surface area contributed by atoms with Crippen LogP contribution in [0.5, 0.6) is 0 Å². The Hall–Kier alpha value is -1.03. The summed E-state index contributed by atoms with van der Waals surface area (Å²) in [4.78, 5) is 9.29. The average Bonchev–Trinajstić information content (AvgIpc) is 2.95. The van der Waals surface area contributed by atoms with Crippen molar-refractivity contribution in [1.29, 1.82) is 0 Å². The molecule has 0 saturated carbocycles. The highest BCUT2D eigenvalue weighted by molar-refractivity contribution is 7.99. The fraction of sp³-hybridized carbons (Fsp3) is 0.538. The van der Waals surface area contributed by atoms with Gasteiger partial charge in [-0.2, -0.15) is 11.8 Å².